The van der Waals surface area contributed by atoms with Crippen LogP contribution in [-0.4, -0.2) is 28.0 Å². The molecular weight excluding hydrogens is 402 g/mol. The average molecular weight is 418 g/mol. The standard InChI is InChI=1S/C18H16BrN3O2S/c1-22-17(13-4-7-15-16(10-13)24-9-8-23-15)20-21-18(22)25-11-12-2-5-14(19)6-3-12/h2-7,10H,8-9,11H2,1H3. The van der Waals surface area contributed by atoms with E-state index >= 15 is 0 Å². The van der Waals surface area contributed by atoms with Crippen LogP contribution in [0.25, 0.3) is 11.4 Å². The Morgan fingerprint density at radius 2 is 1.80 bits per heavy atom. The Kier molecular flexibility index (Phi) is 4.67. The molecule has 0 bridgehead atoms. The molecule has 2 aromatic carbocycles. The third-order valence-corrected chi connectivity index (χ3v) is 5.54. The monoisotopic (exact) mass is 417 g/mol. The summed E-state index contributed by atoms with van der Waals surface area (Å²) < 4.78 is 14.3. The van der Waals surface area contributed by atoms with Gasteiger partial charge < -0.3 is 14.0 Å². The summed E-state index contributed by atoms with van der Waals surface area (Å²) in [7, 11) is 1.98. The van der Waals surface area contributed by atoms with Crippen LogP contribution >= 0.6 is 27.7 Å². The number of nitrogens with zero attached hydrogens (tertiary/aromatic N) is 3. The van der Waals surface area contributed by atoms with E-state index in [1.54, 1.807) is 11.8 Å². The molecule has 3 aromatic rings. The number of ether oxygens (including phenoxy) is 2. The topological polar surface area (TPSA) is 49.2 Å². The predicted molar refractivity (Wildman–Crippen MR) is 101 cm³/mol. The summed E-state index contributed by atoms with van der Waals surface area (Å²) in [6, 6.07) is 14.2. The number of fused-ring (bicyclic) bond motifs is 1. The van der Waals surface area contributed by atoms with Crippen molar-refractivity contribution in [3.8, 4) is 22.9 Å². The van der Waals surface area contributed by atoms with E-state index in [1.165, 1.54) is 5.56 Å². The number of hydrogen-bond donors (Lipinski definition) is 0. The zero-order valence-corrected chi connectivity index (χ0v) is 16.0. The van der Waals surface area contributed by atoms with Crippen molar-refractivity contribution in [1.82, 2.24) is 14.8 Å². The van der Waals surface area contributed by atoms with E-state index in [0.29, 0.717) is 13.2 Å². The van der Waals surface area contributed by atoms with Gasteiger partial charge in [-0.1, -0.05) is 39.8 Å². The van der Waals surface area contributed by atoms with Gasteiger partial charge in [0, 0.05) is 22.8 Å². The van der Waals surface area contributed by atoms with Crippen molar-refractivity contribution in [1.29, 1.82) is 0 Å². The van der Waals surface area contributed by atoms with Crippen LogP contribution in [0.1, 0.15) is 5.56 Å². The smallest absolute Gasteiger partial charge is 0.191 e. The highest BCUT2D eigenvalue weighted by molar-refractivity contribution is 9.10. The lowest BCUT2D eigenvalue weighted by molar-refractivity contribution is 0.171. The molecule has 7 heteroatoms. The number of halogens is 1. The fourth-order valence-corrected chi connectivity index (χ4v) is 3.73. The quantitative estimate of drug-likeness (QED) is 0.591. The molecular formula is C18H16BrN3O2S. The van der Waals surface area contributed by atoms with Gasteiger partial charge in [0.25, 0.3) is 0 Å². The Morgan fingerprint density at radius 3 is 2.60 bits per heavy atom. The molecule has 2 heterocycles. The second kappa shape index (κ2) is 7.09. The lowest BCUT2D eigenvalue weighted by Crippen LogP contribution is -2.15. The normalized spacial score (nSPS) is 13.0. The van der Waals surface area contributed by atoms with Crippen molar-refractivity contribution in [2.24, 2.45) is 7.05 Å². The van der Waals surface area contributed by atoms with Crippen molar-refractivity contribution in [2.75, 3.05) is 13.2 Å². The van der Waals surface area contributed by atoms with Gasteiger partial charge in [0.05, 0.1) is 0 Å². The lowest BCUT2D eigenvalue weighted by atomic mass is 10.2. The summed E-state index contributed by atoms with van der Waals surface area (Å²) in [6.07, 6.45) is 0. The number of aromatic nitrogens is 3. The van der Waals surface area contributed by atoms with Gasteiger partial charge in [0.2, 0.25) is 0 Å². The van der Waals surface area contributed by atoms with E-state index < -0.39 is 0 Å². The minimum Gasteiger partial charge on any atom is -0.486 e. The van der Waals surface area contributed by atoms with E-state index in [-0.39, 0.29) is 0 Å². The van der Waals surface area contributed by atoms with Crippen LogP contribution in [0.3, 0.4) is 0 Å². The van der Waals surface area contributed by atoms with E-state index in [1.807, 2.05) is 41.9 Å². The molecule has 0 fully saturated rings. The van der Waals surface area contributed by atoms with E-state index in [0.717, 1.165) is 38.3 Å². The summed E-state index contributed by atoms with van der Waals surface area (Å²) in [5, 5.41) is 9.56. The number of hydrogen-bond acceptors (Lipinski definition) is 5. The van der Waals surface area contributed by atoms with Gasteiger partial charge in [0.1, 0.15) is 13.2 Å². The molecule has 0 spiro atoms. The largest absolute Gasteiger partial charge is 0.486 e. The van der Waals surface area contributed by atoms with Gasteiger partial charge in [0.15, 0.2) is 22.5 Å². The summed E-state index contributed by atoms with van der Waals surface area (Å²) >= 11 is 5.12. The maximum atomic E-state index is 5.66. The highest BCUT2D eigenvalue weighted by Crippen LogP contribution is 2.34. The minimum absolute atomic E-state index is 0.573. The lowest BCUT2D eigenvalue weighted by Gasteiger charge is -2.18. The maximum Gasteiger partial charge on any atom is 0.191 e. The van der Waals surface area contributed by atoms with Crippen molar-refractivity contribution >= 4 is 27.7 Å². The Bertz CT molecular complexity index is 896. The van der Waals surface area contributed by atoms with Crippen LogP contribution in [0.15, 0.2) is 52.1 Å². The minimum atomic E-state index is 0.573. The van der Waals surface area contributed by atoms with Crippen LogP contribution in [0.2, 0.25) is 0 Å². The number of thioether (sulfide) groups is 1. The first-order valence-electron chi connectivity index (χ1n) is 7.87. The first-order valence-corrected chi connectivity index (χ1v) is 9.65. The number of benzene rings is 2. The maximum absolute atomic E-state index is 5.66. The molecule has 5 nitrogen and oxygen atoms in total. The van der Waals surface area contributed by atoms with Crippen LogP contribution in [0.4, 0.5) is 0 Å². The van der Waals surface area contributed by atoms with Crippen molar-refractivity contribution < 1.29 is 9.47 Å². The van der Waals surface area contributed by atoms with Gasteiger partial charge in [-0.2, -0.15) is 0 Å². The highest BCUT2D eigenvalue weighted by atomic mass is 79.9. The summed E-state index contributed by atoms with van der Waals surface area (Å²) in [6.45, 7) is 1.16. The van der Waals surface area contributed by atoms with Crippen LogP contribution in [-0.2, 0) is 12.8 Å². The van der Waals surface area contributed by atoms with Crippen LogP contribution < -0.4 is 9.47 Å². The molecule has 1 aliphatic heterocycles. The van der Waals surface area contributed by atoms with E-state index in [4.69, 9.17) is 9.47 Å². The van der Waals surface area contributed by atoms with Crippen molar-refractivity contribution in [2.45, 2.75) is 10.9 Å². The Hall–Kier alpha value is -1.99. The molecule has 0 saturated carbocycles. The second-order valence-electron chi connectivity index (χ2n) is 5.64. The fourth-order valence-electron chi connectivity index (χ4n) is 2.60. The van der Waals surface area contributed by atoms with Crippen molar-refractivity contribution in [3.63, 3.8) is 0 Å². The Morgan fingerprint density at radius 1 is 1.04 bits per heavy atom. The third kappa shape index (κ3) is 3.52. The molecule has 0 aliphatic carbocycles. The fraction of sp³-hybridized carbons (Fsp3) is 0.222. The zero-order chi connectivity index (χ0) is 17.2. The molecule has 0 unspecified atom stereocenters. The second-order valence-corrected chi connectivity index (χ2v) is 7.50. The molecule has 0 saturated heterocycles. The molecule has 1 aliphatic rings. The molecule has 0 atom stereocenters. The van der Waals surface area contributed by atoms with Gasteiger partial charge in [-0.05, 0) is 35.9 Å². The SMILES string of the molecule is Cn1c(SCc2ccc(Br)cc2)nnc1-c1ccc2c(c1)OCCO2. The third-order valence-electron chi connectivity index (χ3n) is 3.92. The van der Waals surface area contributed by atoms with Gasteiger partial charge >= 0.3 is 0 Å². The molecule has 25 heavy (non-hydrogen) atoms. The first-order chi connectivity index (χ1) is 12.2. The average Bonchev–Trinajstić information content (AvgIpc) is 3.01. The van der Waals surface area contributed by atoms with Crippen LogP contribution in [0, 0.1) is 0 Å². The van der Waals surface area contributed by atoms with Gasteiger partial charge in [-0.3, -0.25) is 0 Å². The molecule has 0 radical (unpaired) electrons. The molecule has 1 aromatic heterocycles. The van der Waals surface area contributed by atoms with Gasteiger partial charge in [-0.15, -0.1) is 10.2 Å². The number of rotatable bonds is 4. The molecule has 0 amide bonds. The molecule has 128 valence electrons. The summed E-state index contributed by atoms with van der Waals surface area (Å²) in [4.78, 5) is 0. The summed E-state index contributed by atoms with van der Waals surface area (Å²) in [5.41, 5.74) is 2.21. The first kappa shape index (κ1) is 16.5. The Balaban J connectivity index is 1.53. The molecule has 0 N–H and O–H groups in total. The van der Waals surface area contributed by atoms with Gasteiger partial charge in [-0.25, -0.2) is 0 Å². The van der Waals surface area contributed by atoms with Crippen molar-refractivity contribution in [3.05, 3.63) is 52.5 Å². The zero-order valence-electron chi connectivity index (χ0n) is 13.6. The van der Waals surface area contributed by atoms with E-state index in [9.17, 15) is 0 Å². The highest BCUT2D eigenvalue weighted by Gasteiger charge is 2.16. The van der Waals surface area contributed by atoms with Crippen LogP contribution in [0.5, 0.6) is 11.5 Å². The predicted octanol–water partition coefficient (Wildman–Crippen LogP) is 4.31. The van der Waals surface area contributed by atoms with E-state index in [2.05, 4.69) is 38.3 Å². The Labute approximate surface area is 158 Å². The molecule has 4 rings (SSSR count). The summed E-state index contributed by atoms with van der Waals surface area (Å²) in [5.74, 6) is 3.20.